The van der Waals surface area contributed by atoms with Crippen molar-refractivity contribution in [1.82, 2.24) is 0 Å². The highest BCUT2D eigenvalue weighted by Crippen LogP contribution is 2.33. The Morgan fingerprint density at radius 2 is 2.15 bits per heavy atom. The van der Waals surface area contributed by atoms with Crippen LogP contribution in [0.2, 0.25) is 0 Å². The van der Waals surface area contributed by atoms with Gasteiger partial charge in [0.25, 0.3) is 5.91 Å². The maximum atomic E-state index is 11.9. The van der Waals surface area contributed by atoms with Crippen LogP contribution in [0.5, 0.6) is 5.75 Å². The summed E-state index contributed by atoms with van der Waals surface area (Å²) >= 11 is 0. The molecular formula is C14H15NO5. The van der Waals surface area contributed by atoms with Crippen molar-refractivity contribution in [3.63, 3.8) is 0 Å². The molecule has 0 spiro atoms. The molecule has 6 nitrogen and oxygen atoms in total. The number of ether oxygens (including phenoxy) is 2. The number of carbonyl (C=O) groups excluding carboxylic acids is 3. The number of hydrogen-bond donors (Lipinski definition) is 0. The van der Waals surface area contributed by atoms with E-state index in [0.717, 1.165) is 0 Å². The highest BCUT2D eigenvalue weighted by Gasteiger charge is 2.28. The average molecular weight is 277 g/mol. The molecule has 0 N–H and O–H groups in total. The molecule has 0 unspecified atom stereocenters. The lowest BCUT2D eigenvalue weighted by molar-refractivity contribution is -0.140. The van der Waals surface area contributed by atoms with E-state index in [1.165, 1.54) is 12.0 Å². The molecule has 0 fully saturated rings. The van der Waals surface area contributed by atoms with Crippen LogP contribution >= 0.6 is 0 Å². The van der Waals surface area contributed by atoms with Crippen molar-refractivity contribution in [3.05, 3.63) is 23.8 Å². The van der Waals surface area contributed by atoms with Crippen molar-refractivity contribution in [2.75, 3.05) is 25.2 Å². The molecule has 2 rings (SSSR count). The summed E-state index contributed by atoms with van der Waals surface area (Å²) in [5, 5.41) is 0. The Kier molecular flexibility index (Phi) is 4.02. The van der Waals surface area contributed by atoms with Gasteiger partial charge in [0.2, 0.25) is 0 Å². The first-order valence-corrected chi connectivity index (χ1v) is 6.24. The molecule has 0 saturated heterocycles. The van der Waals surface area contributed by atoms with Gasteiger partial charge in [0, 0.05) is 12.0 Å². The lowest BCUT2D eigenvalue weighted by atomic mass is 10.1. The summed E-state index contributed by atoms with van der Waals surface area (Å²) in [7, 11) is 1.26. The third-order valence-corrected chi connectivity index (χ3v) is 3.06. The van der Waals surface area contributed by atoms with E-state index < -0.39 is 5.97 Å². The van der Waals surface area contributed by atoms with Gasteiger partial charge in [-0.05, 0) is 18.2 Å². The fourth-order valence-electron chi connectivity index (χ4n) is 1.95. The fourth-order valence-corrected chi connectivity index (χ4v) is 1.95. The molecule has 1 aromatic rings. The molecule has 1 amide bonds. The van der Waals surface area contributed by atoms with Crippen molar-refractivity contribution in [2.24, 2.45) is 0 Å². The van der Waals surface area contributed by atoms with Gasteiger partial charge in [0.15, 0.2) is 12.4 Å². The maximum absolute atomic E-state index is 11.9. The predicted molar refractivity (Wildman–Crippen MR) is 70.9 cm³/mol. The molecule has 1 aliphatic rings. The lowest BCUT2D eigenvalue weighted by Gasteiger charge is -2.28. The van der Waals surface area contributed by atoms with Crippen molar-refractivity contribution >= 4 is 23.3 Å². The van der Waals surface area contributed by atoms with Gasteiger partial charge < -0.3 is 9.47 Å². The van der Waals surface area contributed by atoms with E-state index in [1.807, 2.05) is 0 Å². The van der Waals surface area contributed by atoms with Gasteiger partial charge in [-0.25, -0.2) is 0 Å². The second-order valence-corrected chi connectivity index (χ2v) is 4.30. The zero-order chi connectivity index (χ0) is 14.7. The summed E-state index contributed by atoms with van der Waals surface area (Å²) in [6, 6.07) is 4.85. The van der Waals surface area contributed by atoms with Crippen molar-refractivity contribution in [2.45, 2.75) is 13.3 Å². The summed E-state index contributed by atoms with van der Waals surface area (Å²) < 4.78 is 9.87. The van der Waals surface area contributed by atoms with Crippen LogP contribution in [0.25, 0.3) is 0 Å². The van der Waals surface area contributed by atoms with E-state index in [2.05, 4.69) is 4.74 Å². The van der Waals surface area contributed by atoms with E-state index in [-0.39, 0.29) is 24.8 Å². The van der Waals surface area contributed by atoms with E-state index in [1.54, 1.807) is 25.1 Å². The molecule has 0 aromatic heterocycles. The Balaban J connectivity index is 2.39. The number of hydrogen-bond acceptors (Lipinski definition) is 5. The van der Waals surface area contributed by atoms with Gasteiger partial charge >= 0.3 is 5.97 Å². The largest absolute Gasteiger partial charge is 0.482 e. The van der Waals surface area contributed by atoms with Gasteiger partial charge in [0.1, 0.15) is 12.3 Å². The van der Waals surface area contributed by atoms with Crippen LogP contribution in [0.15, 0.2) is 18.2 Å². The summed E-state index contributed by atoms with van der Waals surface area (Å²) in [4.78, 5) is 36.3. The summed E-state index contributed by atoms with van der Waals surface area (Å²) in [6.07, 6.45) is 0.366. The first-order valence-electron chi connectivity index (χ1n) is 6.24. The lowest BCUT2D eigenvalue weighted by Crippen LogP contribution is -2.42. The average Bonchev–Trinajstić information content (AvgIpc) is 2.48. The molecule has 0 radical (unpaired) electrons. The Hall–Kier alpha value is -2.37. The monoisotopic (exact) mass is 277 g/mol. The normalized spacial score (nSPS) is 13.5. The molecule has 1 heterocycles. The third kappa shape index (κ3) is 2.64. The van der Waals surface area contributed by atoms with Crippen LogP contribution in [-0.2, 0) is 14.3 Å². The van der Waals surface area contributed by atoms with Crippen LogP contribution < -0.4 is 9.64 Å². The predicted octanol–water partition coefficient (Wildman–Crippen LogP) is 1.18. The standard InChI is InChI=1S/C14H15NO5/c1-3-11(16)9-4-5-12-10(6-9)15(7-14(18)19-2)13(17)8-20-12/h4-6H,3,7-8H2,1-2H3. The first-order chi connectivity index (χ1) is 9.56. The second kappa shape index (κ2) is 5.73. The number of esters is 1. The summed E-state index contributed by atoms with van der Waals surface area (Å²) in [5.74, 6) is -0.438. The fraction of sp³-hybridized carbons (Fsp3) is 0.357. The SMILES string of the molecule is CCC(=O)c1ccc2c(c1)N(CC(=O)OC)C(=O)CO2. The molecule has 0 atom stereocenters. The van der Waals surface area contributed by atoms with Crippen LogP contribution in [0.3, 0.4) is 0 Å². The molecule has 0 saturated carbocycles. The number of methoxy groups -OCH3 is 1. The Morgan fingerprint density at radius 3 is 2.80 bits per heavy atom. The Labute approximate surface area is 116 Å². The van der Waals surface area contributed by atoms with Crippen LogP contribution in [0.4, 0.5) is 5.69 Å². The molecular weight excluding hydrogens is 262 g/mol. The van der Waals surface area contributed by atoms with Gasteiger partial charge in [-0.15, -0.1) is 0 Å². The molecule has 1 aromatic carbocycles. The zero-order valence-electron chi connectivity index (χ0n) is 11.3. The Morgan fingerprint density at radius 1 is 1.40 bits per heavy atom. The topological polar surface area (TPSA) is 72.9 Å². The van der Waals surface area contributed by atoms with Crippen LogP contribution in [-0.4, -0.2) is 37.9 Å². The second-order valence-electron chi connectivity index (χ2n) is 4.30. The van der Waals surface area contributed by atoms with Gasteiger partial charge in [-0.1, -0.05) is 6.92 Å². The van der Waals surface area contributed by atoms with Gasteiger partial charge in [-0.3, -0.25) is 19.3 Å². The number of amides is 1. The molecule has 6 heteroatoms. The summed E-state index contributed by atoms with van der Waals surface area (Å²) in [6.45, 7) is 1.43. The maximum Gasteiger partial charge on any atom is 0.325 e. The number of fused-ring (bicyclic) bond motifs is 1. The Bertz CT molecular complexity index is 567. The minimum Gasteiger partial charge on any atom is -0.482 e. The number of benzene rings is 1. The highest BCUT2D eigenvalue weighted by molar-refractivity contribution is 6.03. The number of nitrogens with zero attached hydrogens (tertiary/aromatic N) is 1. The van der Waals surface area contributed by atoms with E-state index in [9.17, 15) is 14.4 Å². The number of ketones is 1. The van der Waals surface area contributed by atoms with Crippen LogP contribution in [0, 0.1) is 0 Å². The minimum atomic E-state index is -0.529. The van der Waals surface area contributed by atoms with Crippen molar-refractivity contribution in [1.29, 1.82) is 0 Å². The zero-order valence-corrected chi connectivity index (χ0v) is 11.3. The van der Waals surface area contributed by atoms with Crippen molar-refractivity contribution < 1.29 is 23.9 Å². The highest BCUT2D eigenvalue weighted by atomic mass is 16.5. The number of rotatable bonds is 4. The van der Waals surface area contributed by atoms with Gasteiger partial charge in [-0.2, -0.15) is 0 Å². The molecule has 20 heavy (non-hydrogen) atoms. The van der Waals surface area contributed by atoms with Crippen molar-refractivity contribution in [3.8, 4) is 5.75 Å². The number of carbonyl (C=O) groups is 3. The van der Waals surface area contributed by atoms with E-state index in [0.29, 0.717) is 23.4 Å². The summed E-state index contributed by atoms with van der Waals surface area (Å²) in [5.41, 5.74) is 0.908. The van der Waals surface area contributed by atoms with E-state index in [4.69, 9.17) is 4.74 Å². The van der Waals surface area contributed by atoms with Crippen LogP contribution in [0.1, 0.15) is 23.7 Å². The molecule has 106 valence electrons. The smallest absolute Gasteiger partial charge is 0.325 e. The first kappa shape index (κ1) is 14.0. The number of anilines is 1. The number of Topliss-reactive ketones (excluding diaryl/α,β-unsaturated/α-hetero) is 1. The third-order valence-electron chi connectivity index (χ3n) is 3.06. The molecule has 0 aliphatic carbocycles. The molecule has 0 bridgehead atoms. The quantitative estimate of drug-likeness (QED) is 0.610. The molecule has 1 aliphatic heterocycles. The minimum absolute atomic E-state index is 0.0381. The van der Waals surface area contributed by atoms with Gasteiger partial charge in [0.05, 0.1) is 12.8 Å². The van der Waals surface area contributed by atoms with E-state index >= 15 is 0 Å².